The van der Waals surface area contributed by atoms with E-state index >= 15 is 0 Å². The molecule has 0 aromatic heterocycles. The van der Waals surface area contributed by atoms with Gasteiger partial charge in [0.15, 0.2) is 0 Å². The van der Waals surface area contributed by atoms with Gasteiger partial charge < -0.3 is 9.47 Å². The Balaban J connectivity index is 1.49. The SMILES string of the molecule is COc1ccc(COc2ccc(C3C(=O)NC(=O)C3c3ccc(F)cc3)cc2)cc1. The molecule has 1 N–H and O–H groups in total. The highest BCUT2D eigenvalue weighted by Crippen LogP contribution is 2.38. The van der Waals surface area contributed by atoms with Crippen molar-refractivity contribution < 1.29 is 23.5 Å². The van der Waals surface area contributed by atoms with Gasteiger partial charge in [-0.3, -0.25) is 14.9 Å². The third-order valence-electron chi connectivity index (χ3n) is 5.18. The third-order valence-corrected chi connectivity index (χ3v) is 5.18. The molecule has 1 heterocycles. The van der Waals surface area contributed by atoms with Crippen LogP contribution >= 0.6 is 0 Å². The molecule has 2 unspecified atom stereocenters. The average molecular weight is 405 g/mol. The molecule has 0 saturated carbocycles. The van der Waals surface area contributed by atoms with Crippen molar-refractivity contribution in [2.45, 2.75) is 18.4 Å². The Morgan fingerprint density at radius 2 is 1.27 bits per heavy atom. The summed E-state index contributed by atoms with van der Waals surface area (Å²) >= 11 is 0. The van der Waals surface area contributed by atoms with E-state index < -0.39 is 17.7 Å². The molecule has 0 bridgehead atoms. The number of ether oxygens (including phenoxy) is 2. The summed E-state index contributed by atoms with van der Waals surface area (Å²) in [5.41, 5.74) is 2.30. The molecule has 2 atom stereocenters. The molecule has 0 aliphatic carbocycles. The fourth-order valence-corrected chi connectivity index (χ4v) is 3.60. The summed E-state index contributed by atoms with van der Waals surface area (Å²) in [4.78, 5) is 24.8. The maximum Gasteiger partial charge on any atom is 0.235 e. The highest BCUT2D eigenvalue weighted by Gasteiger charge is 2.43. The van der Waals surface area contributed by atoms with Crippen molar-refractivity contribution in [1.82, 2.24) is 5.32 Å². The molecule has 152 valence electrons. The second-order valence-corrected chi connectivity index (χ2v) is 7.07. The first kappa shape index (κ1) is 19.6. The van der Waals surface area contributed by atoms with Crippen LogP contribution in [0.5, 0.6) is 11.5 Å². The molecule has 3 aromatic rings. The minimum atomic E-state index is -0.691. The number of carbonyl (C=O) groups is 2. The minimum absolute atomic E-state index is 0.360. The molecule has 5 nitrogen and oxygen atoms in total. The lowest BCUT2D eigenvalue weighted by Gasteiger charge is -2.17. The van der Waals surface area contributed by atoms with Crippen LogP contribution in [-0.2, 0) is 16.2 Å². The van der Waals surface area contributed by atoms with Crippen molar-refractivity contribution in [2.24, 2.45) is 0 Å². The predicted molar refractivity (Wildman–Crippen MR) is 109 cm³/mol. The molecule has 4 rings (SSSR count). The maximum absolute atomic E-state index is 13.3. The van der Waals surface area contributed by atoms with Crippen molar-refractivity contribution in [3.63, 3.8) is 0 Å². The van der Waals surface area contributed by atoms with E-state index in [0.29, 0.717) is 23.5 Å². The Morgan fingerprint density at radius 3 is 1.80 bits per heavy atom. The van der Waals surface area contributed by atoms with Crippen molar-refractivity contribution in [3.8, 4) is 11.5 Å². The summed E-state index contributed by atoms with van der Waals surface area (Å²) in [6.07, 6.45) is 0. The van der Waals surface area contributed by atoms with Gasteiger partial charge in [-0.15, -0.1) is 0 Å². The molecule has 30 heavy (non-hydrogen) atoms. The number of imide groups is 1. The van der Waals surface area contributed by atoms with Crippen LogP contribution in [0.1, 0.15) is 28.5 Å². The van der Waals surface area contributed by atoms with Gasteiger partial charge in [-0.05, 0) is 53.1 Å². The van der Waals surface area contributed by atoms with Crippen molar-refractivity contribution in [2.75, 3.05) is 7.11 Å². The lowest BCUT2D eigenvalue weighted by atomic mass is 9.83. The molecular formula is C24H20FNO4. The summed E-state index contributed by atoms with van der Waals surface area (Å²) in [6, 6.07) is 20.4. The summed E-state index contributed by atoms with van der Waals surface area (Å²) < 4.78 is 24.2. The number of amides is 2. The van der Waals surface area contributed by atoms with Gasteiger partial charge >= 0.3 is 0 Å². The van der Waals surface area contributed by atoms with Crippen LogP contribution in [0.4, 0.5) is 4.39 Å². The first-order chi connectivity index (χ1) is 14.5. The second-order valence-electron chi connectivity index (χ2n) is 7.07. The van der Waals surface area contributed by atoms with Crippen LogP contribution in [0, 0.1) is 5.82 Å². The topological polar surface area (TPSA) is 64.6 Å². The van der Waals surface area contributed by atoms with Gasteiger partial charge in [0, 0.05) is 0 Å². The standard InChI is InChI=1S/C24H20FNO4/c1-29-19-10-2-15(3-11-19)14-30-20-12-6-17(7-13-20)22-21(23(27)26-24(22)28)16-4-8-18(25)9-5-16/h2-13,21-22H,14H2,1H3,(H,26,27,28). The molecule has 2 amide bonds. The number of rotatable bonds is 6. The zero-order chi connectivity index (χ0) is 21.1. The quantitative estimate of drug-likeness (QED) is 0.631. The van der Waals surface area contributed by atoms with E-state index in [9.17, 15) is 14.0 Å². The highest BCUT2D eigenvalue weighted by molar-refractivity contribution is 6.10. The van der Waals surface area contributed by atoms with Gasteiger partial charge in [-0.25, -0.2) is 4.39 Å². The van der Waals surface area contributed by atoms with Crippen molar-refractivity contribution in [3.05, 3.63) is 95.3 Å². The molecule has 1 saturated heterocycles. The molecule has 1 aliphatic heterocycles. The van der Waals surface area contributed by atoms with Gasteiger partial charge in [-0.1, -0.05) is 36.4 Å². The molecule has 1 fully saturated rings. The number of halogens is 1. The number of benzene rings is 3. The Hall–Kier alpha value is -3.67. The maximum atomic E-state index is 13.3. The van der Waals surface area contributed by atoms with Crippen molar-refractivity contribution in [1.29, 1.82) is 0 Å². The first-order valence-electron chi connectivity index (χ1n) is 9.51. The molecule has 1 aliphatic rings. The number of carbonyl (C=O) groups excluding carboxylic acids is 2. The third kappa shape index (κ3) is 4.03. The largest absolute Gasteiger partial charge is 0.497 e. The van der Waals surface area contributed by atoms with Gasteiger partial charge in [-0.2, -0.15) is 0 Å². The summed E-state index contributed by atoms with van der Waals surface area (Å²) in [7, 11) is 1.62. The second kappa shape index (κ2) is 8.37. The summed E-state index contributed by atoms with van der Waals surface area (Å²) in [5, 5.41) is 2.39. The van der Waals surface area contributed by atoms with Gasteiger partial charge in [0.2, 0.25) is 11.8 Å². The molecule has 6 heteroatoms. The van der Waals surface area contributed by atoms with E-state index in [1.54, 1.807) is 31.4 Å². The molecule has 3 aromatic carbocycles. The van der Waals surface area contributed by atoms with E-state index in [4.69, 9.17) is 9.47 Å². The predicted octanol–water partition coefficient (Wildman–Crippen LogP) is 3.94. The minimum Gasteiger partial charge on any atom is -0.497 e. The van der Waals surface area contributed by atoms with E-state index in [0.717, 1.165) is 11.3 Å². The Kier molecular flexibility index (Phi) is 5.48. The van der Waals surface area contributed by atoms with Gasteiger partial charge in [0.05, 0.1) is 18.9 Å². The number of nitrogens with one attached hydrogen (secondary N) is 1. The lowest BCUT2D eigenvalue weighted by Crippen LogP contribution is -2.21. The highest BCUT2D eigenvalue weighted by atomic mass is 19.1. The van der Waals surface area contributed by atoms with Gasteiger partial charge in [0.25, 0.3) is 0 Å². The number of hydrogen-bond donors (Lipinski definition) is 1. The van der Waals surface area contributed by atoms with Crippen LogP contribution in [0.15, 0.2) is 72.8 Å². The van der Waals surface area contributed by atoms with Crippen LogP contribution in [-0.4, -0.2) is 18.9 Å². The van der Waals surface area contributed by atoms with Crippen LogP contribution in [0.2, 0.25) is 0 Å². The molecule has 0 radical (unpaired) electrons. The summed E-state index contributed by atoms with van der Waals surface area (Å²) in [5.74, 6) is -1.06. The van der Waals surface area contributed by atoms with E-state index in [-0.39, 0.29) is 11.8 Å². The van der Waals surface area contributed by atoms with Crippen LogP contribution in [0.3, 0.4) is 0 Å². The van der Waals surface area contributed by atoms with Crippen molar-refractivity contribution >= 4 is 11.8 Å². The lowest BCUT2D eigenvalue weighted by molar-refractivity contribution is -0.125. The van der Waals surface area contributed by atoms with E-state index in [2.05, 4.69) is 5.32 Å². The zero-order valence-electron chi connectivity index (χ0n) is 16.3. The Labute approximate surface area is 173 Å². The van der Waals surface area contributed by atoms with E-state index in [1.165, 1.54) is 24.3 Å². The zero-order valence-corrected chi connectivity index (χ0v) is 16.3. The summed E-state index contributed by atoms with van der Waals surface area (Å²) in [6.45, 7) is 0.393. The first-order valence-corrected chi connectivity index (χ1v) is 9.51. The van der Waals surface area contributed by atoms with E-state index in [1.807, 2.05) is 24.3 Å². The normalized spacial score (nSPS) is 18.2. The Bertz CT molecular complexity index is 1050. The van der Waals surface area contributed by atoms with Crippen LogP contribution < -0.4 is 14.8 Å². The Morgan fingerprint density at radius 1 is 0.767 bits per heavy atom. The smallest absolute Gasteiger partial charge is 0.235 e. The fraction of sp³-hybridized carbons (Fsp3) is 0.167. The van der Waals surface area contributed by atoms with Crippen LogP contribution in [0.25, 0.3) is 0 Å². The average Bonchev–Trinajstić information content (AvgIpc) is 3.07. The number of methoxy groups -OCH3 is 1. The van der Waals surface area contributed by atoms with Gasteiger partial charge in [0.1, 0.15) is 23.9 Å². The number of hydrogen-bond acceptors (Lipinski definition) is 4. The molecular weight excluding hydrogens is 385 g/mol. The fourth-order valence-electron chi connectivity index (χ4n) is 3.60. The monoisotopic (exact) mass is 405 g/mol. The molecule has 0 spiro atoms.